The fourth-order valence-electron chi connectivity index (χ4n) is 1.94. The van der Waals surface area contributed by atoms with E-state index in [1.807, 2.05) is 0 Å². The molecule has 0 aliphatic heterocycles. The number of hydrogen-bond donors (Lipinski definition) is 2. The molecule has 0 radical (unpaired) electrons. The number of aliphatic hydroxyl groups excluding tert-OH is 1. The molecule has 0 unspecified atom stereocenters. The summed E-state index contributed by atoms with van der Waals surface area (Å²) in [6.07, 6.45) is 2.91. The average Bonchev–Trinajstić information content (AvgIpc) is 3.11. The Morgan fingerprint density at radius 3 is 2.78 bits per heavy atom. The summed E-state index contributed by atoms with van der Waals surface area (Å²) < 4.78 is 0.777. The van der Waals surface area contributed by atoms with Crippen molar-refractivity contribution in [2.75, 3.05) is 13.2 Å². The number of rotatable bonds is 5. The molecule has 2 N–H and O–H groups in total. The third kappa shape index (κ3) is 3.25. The fourth-order valence-corrected chi connectivity index (χ4v) is 2.36. The van der Waals surface area contributed by atoms with Gasteiger partial charge < -0.3 is 10.4 Å². The summed E-state index contributed by atoms with van der Waals surface area (Å²) in [5, 5.41) is 12.4. The van der Waals surface area contributed by atoms with Crippen molar-refractivity contribution < 1.29 is 9.90 Å². The lowest BCUT2D eigenvalue weighted by Crippen LogP contribution is -2.30. The average molecular weight is 333 g/mol. The first-order valence-corrected chi connectivity index (χ1v) is 7.08. The van der Waals surface area contributed by atoms with Crippen LogP contribution in [0.3, 0.4) is 0 Å². The summed E-state index contributed by atoms with van der Waals surface area (Å²) in [7, 11) is 0. The first-order chi connectivity index (χ1) is 8.56. The molecule has 98 valence electrons. The molecular formula is C13H15BrClNO2. The van der Waals surface area contributed by atoms with E-state index in [0.29, 0.717) is 17.1 Å². The van der Waals surface area contributed by atoms with Crippen molar-refractivity contribution in [1.82, 2.24) is 5.32 Å². The van der Waals surface area contributed by atoms with Crippen molar-refractivity contribution in [3.8, 4) is 0 Å². The zero-order chi connectivity index (χ0) is 13.2. The molecule has 0 bridgehead atoms. The lowest BCUT2D eigenvalue weighted by Gasteiger charge is -2.14. The van der Waals surface area contributed by atoms with Crippen LogP contribution in [0.25, 0.3) is 0 Å². The van der Waals surface area contributed by atoms with E-state index >= 15 is 0 Å². The molecule has 1 aromatic rings. The van der Waals surface area contributed by atoms with E-state index in [1.54, 1.807) is 18.2 Å². The van der Waals surface area contributed by atoms with Crippen LogP contribution in [0.4, 0.5) is 0 Å². The molecule has 1 amide bonds. The van der Waals surface area contributed by atoms with Crippen molar-refractivity contribution in [3.63, 3.8) is 0 Å². The molecule has 5 heteroatoms. The molecule has 0 aromatic heterocycles. The van der Waals surface area contributed by atoms with Crippen LogP contribution in [0, 0.1) is 5.41 Å². The maximum Gasteiger partial charge on any atom is 0.251 e. The maximum atomic E-state index is 11.9. The number of halogens is 2. The molecule has 1 aromatic carbocycles. The van der Waals surface area contributed by atoms with Crippen molar-refractivity contribution in [2.45, 2.75) is 19.3 Å². The standard InChI is InChI=1S/C13H15BrClNO2/c14-10-2-1-9(7-11(10)15)12(18)16-8-13(3-4-13)5-6-17/h1-2,7,17H,3-6,8H2,(H,16,18). The molecule has 1 fully saturated rings. The summed E-state index contributed by atoms with van der Waals surface area (Å²) in [6.45, 7) is 0.806. The Morgan fingerprint density at radius 1 is 1.50 bits per heavy atom. The molecule has 0 atom stereocenters. The van der Waals surface area contributed by atoms with Crippen LogP contribution in [0.1, 0.15) is 29.6 Å². The van der Waals surface area contributed by atoms with Crippen LogP contribution >= 0.6 is 27.5 Å². The van der Waals surface area contributed by atoms with Gasteiger partial charge in [0.25, 0.3) is 5.91 Å². The van der Waals surface area contributed by atoms with Gasteiger partial charge in [-0.15, -0.1) is 0 Å². The number of carbonyl (C=O) groups excluding carboxylic acids is 1. The molecule has 0 spiro atoms. The van der Waals surface area contributed by atoms with E-state index in [2.05, 4.69) is 21.2 Å². The van der Waals surface area contributed by atoms with E-state index in [-0.39, 0.29) is 17.9 Å². The highest BCUT2D eigenvalue weighted by molar-refractivity contribution is 9.10. The Kier molecular flexibility index (Phi) is 4.30. The minimum absolute atomic E-state index is 0.117. The maximum absolute atomic E-state index is 11.9. The second-order valence-corrected chi connectivity index (χ2v) is 6.05. The van der Waals surface area contributed by atoms with Crippen LogP contribution in [-0.2, 0) is 0 Å². The third-order valence-corrected chi connectivity index (χ3v) is 4.64. The van der Waals surface area contributed by atoms with Gasteiger partial charge in [-0.3, -0.25) is 4.79 Å². The van der Waals surface area contributed by atoms with Gasteiger partial charge in [-0.1, -0.05) is 11.6 Å². The zero-order valence-corrected chi connectivity index (χ0v) is 12.2. The topological polar surface area (TPSA) is 49.3 Å². The number of carbonyl (C=O) groups is 1. The number of aliphatic hydroxyl groups is 1. The highest BCUT2D eigenvalue weighted by atomic mass is 79.9. The molecule has 0 heterocycles. The van der Waals surface area contributed by atoms with E-state index < -0.39 is 0 Å². The van der Waals surface area contributed by atoms with Gasteiger partial charge in [-0.05, 0) is 58.8 Å². The Morgan fingerprint density at radius 2 is 2.22 bits per heavy atom. The summed E-state index contributed by atoms with van der Waals surface area (Å²) in [5.74, 6) is -0.117. The third-order valence-electron chi connectivity index (χ3n) is 3.40. The molecule has 1 saturated carbocycles. The van der Waals surface area contributed by atoms with Gasteiger partial charge in [0.15, 0.2) is 0 Å². The number of amides is 1. The quantitative estimate of drug-likeness (QED) is 0.871. The lowest BCUT2D eigenvalue weighted by atomic mass is 10.0. The van der Waals surface area contributed by atoms with Crippen molar-refractivity contribution in [3.05, 3.63) is 33.3 Å². The molecular weight excluding hydrogens is 318 g/mol. The van der Waals surface area contributed by atoms with Gasteiger partial charge in [0.1, 0.15) is 0 Å². The summed E-state index contributed by atoms with van der Waals surface area (Å²) in [6, 6.07) is 5.14. The molecule has 1 aliphatic carbocycles. The highest BCUT2D eigenvalue weighted by Crippen LogP contribution is 2.47. The zero-order valence-electron chi connectivity index (χ0n) is 9.88. The van der Waals surface area contributed by atoms with Gasteiger partial charge in [0.2, 0.25) is 0 Å². The number of benzene rings is 1. The Hall–Kier alpha value is -0.580. The normalized spacial score (nSPS) is 16.4. The van der Waals surface area contributed by atoms with Crippen molar-refractivity contribution in [2.24, 2.45) is 5.41 Å². The Balaban J connectivity index is 1.93. The summed E-state index contributed by atoms with van der Waals surface area (Å²) >= 11 is 9.24. The van der Waals surface area contributed by atoms with Crippen molar-refractivity contribution in [1.29, 1.82) is 0 Å². The molecule has 18 heavy (non-hydrogen) atoms. The van der Waals surface area contributed by atoms with Gasteiger partial charge in [0.05, 0.1) is 5.02 Å². The van der Waals surface area contributed by atoms with Crippen LogP contribution in [-0.4, -0.2) is 24.2 Å². The van der Waals surface area contributed by atoms with E-state index in [0.717, 1.165) is 23.7 Å². The second-order valence-electron chi connectivity index (χ2n) is 4.79. The van der Waals surface area contributed by atoms with E-state index in [1.165, 1.54) is 0 Å². The molecule has 0 saturated heterocycles. The van der Waals surface area contributed by atoms with Gasteiger partial charge in [0, 0.05) is 23.2 Å². The van der Waals surface area contributed by atoms with E-state index in [9.17, 15) is 4.79 Å². The number of nitrogens with one attached hydrogen (secondary N) is 1. The van der Waals surface area contributed by atoms with Gasteiger partial charge in [-0.25, -0.2) is 0 Å². The monoisotopic (exact) mass is 331 g/mol. The number of hydrogen-bond acceptors (Lipinski definition) is 2. The van der Waals surface area contributed by atoms with Gasteiger partial charge in [-0.2, -0.15) is 0 Å². The molecule has 2 rings (SSSR count). The first kappa shape index (κ1) is 13.8. The highest BCUT2D eigenvalue weighted by Gasteiger charge is 2.41. The van der Waals surface area contributed by atoms with Crippen molar-refractivity contribution >= 4 is 33.4 Å². The summed E-state index contributed by atoms with van der Waals surface area (Å²) in [4.78, 5) is 11.9. The minimum atomic E-state index is -0.117. The first-order valence-electron chi connectivity index (χ1n) is 5.90. The minimum Gasteiger partial charge on any atom is -0.396 e. The van der Waals surface area contributed by atoms with Gasteiger partial charge >= 0.3 is 0 Å². The smallest absolute Gasteiger partial charge is 0.251 e. The van der Waals surface area contributed by atoms with E-state index in [4.69, 9.17) is 16.7 Å². The second kappa shape index (κ2) is 5.59. The fraction of sp³-hybridized carbons (Fsp3) is 0.462. The summed E-state index contributed by atoms with van der Waals surface area (Å²) in [5.41, 5.74) is 0.687. The van der Waals surface area contributed by atoms with Crippen LogP contribution in [0.5, 0.6) is 0 Å². The van der Waals surface area contributed by atoms with Crippen LogP contribution in [0.15, 0.2) is 22.7 Å². The SMILES string of the molecule is O=C(NCC1(CCO)CC1)c1ccc(Br)c(Cl)c1. The lowest BCUT2D eigenvalue weighted by molar-refractivity contribution is 0.0941. The predicted molar refractivity (Wildman–Crippen MR) is 74.9 cm³/mol. The van der Waals surface area contributed by atoms with Crippen LogP contribution in [0.2, 0.25) is 5.02 Å². The van der Waals surface area contributed by atoms with Crippen LogP contribution < -0.4 is 5.32 Å². The molecule has 1 aliphatic rings. The Labute approximate surface area is 120 Å². The Bertz CT molecular complexity index is 460. The largest absolute Gasteiger partial charge is 0.396 e. The molecule has 3 nitrogen and oxygen atoms in total. The predicted octanol–water partition coefficient (Wildman–Crippen LogP) is 2.99.